The Morgan fingerprint density at radius 3 is 1.59 bits per heavy atom. The van der Waals surface area contributed by atoms with Gasteiger partial charge in [-0.3, -0.25) is 0 Å². The molecule has 0 aromatic heterocycles. The molecule has 0 rings (SSSR count). The van der Waals surface area contributed by atoms with E-state index in [-0.39, 0.29) is 0 Å². The normalized spacial score (nSPS) is 13.1. The van der Waals surface area contributed by atoms with Gasteiger partial charge in [0.05, 0.1) is 0 Å². The van der Waals surface area contributed by atoms with Crippen molar-refractivity contribution < 1.29 is 21.1 Å². The summed E-state index contributed by atoms with van der Waals surface area (Å²) < 4.78 is 13.2. The molecule has 0 aromatic rings. The third-order valence-electron chi connectivity index (χ3n) is 3.04. The summed E-state index contributed by atoms with van der Waals surface area (Å²) in [5.41, 5.74) is 0. The van der Waals surface area contributed by atoms with Crippen LogP contribution in [0.25, 0.3) is 0 Å². The first-order valence-corrected chi connectivity index (χ1v) is 9.29. The Morgan fingerprint density at radius 1 is 0.765 bits per heavy atom. The van der Waals surface area contributed by atoms with Crippen LogP contribution in [-0.4, -0.2) is 59.0 Å². The molecule has 104 valence electrons. The molecule has 0 bridgehead atoms. The molecule has 0 atom stereocenters. The van der Waals surface area contributed by atoms with Gasteiger partial charge in [0.25, 0.3) is 0 Å². The molecule has 0 fully saturated rings. The van der Waals surface area contributed by atoms with Crippen LogP contribution in [0.1, 0.15) is 32.6 Å². The van der Waals surface area contributed by atoms with Crippen molar-refractivity contribution in [1.29, 1.82) is 0 Å². The Bertz CT molecular complexity index is 176. The molecule has 17 heavy (non-hydrogen) atoms. The van der Waals surface area contributed by atoms with Gasteiger partial charge in [0.2, 0.25) is 0 Å². The number of rotatable bonds is 9. The van der Waals surface area contributed by atoms with Crippen molar-refractivity contribution >= 4 is 0 Å². The molecule has 0 radical (unpaired) electrons. The van der Waals surface area contributed by atoms with Gasteiger partial charge in [0.1, 0.15) is 0 Å². The van der Waals surface area contributed by atoms with Crippen molar-refractivity contribution in [2.75, 3.05) is 48.9 Å². The van der Waals surface area contributed by atoms with Crippen LogP contribution in [0.5, 0.6) is 0 Å². The molecular weight excluding hydrogens is 250 g/mol. The molecule has 0 saturated heterocycles. The van der Waals surface area contributed by atoms with Crippen LogP contribution in [0.3, 0.4) is 0 Å². The Labute approximate surface area is 113 Å². The van der Waals surface area contributed by atoms with Crippen LogP contribution in [0, 0.1) is 0 Å². The minimum atomic E-state index is -2.66. The standard InChI is InChI=1S/C6H13O.3C2H6N.Ti/c1-2-3-4-5-6-7;3*1-3-2;/h2-6H2,1H3;3*1-2H3;/q4*-1;+4. The molecule has 4 nitrogen and oxygen atoms in total. The molecule has 0 aliphatic carbocycles. The van der Waals surface area contributed by atoms with Crippen molar-refractivity contribution in [2.24, 2.45) is 0 Å². The molecule has 0 spiro atoms. The molecule has 0 amide bonds. The summed E-state index contributed by atoms with van der Waals surface area (Å²) in [5, 5.41) is 0. The molecule has 0 unspecified atom stereocenters. The average molecular weight is 281 g/mol. The molecule has 0 N–H and O–H groups in total. The molecule has 0 saturated carbocycles. The summed E-state index contributed by atoms with van der Waals surface area (Å²) in [6.07, 6.45) is 5.05. The van der Waals surface area contributed by atoms with Crippen LogP contribution < -0.4 is 0 Å². The van der Waals surface area contributed by atoms with E-state index >= 15 is 0 Å². The van der Waals surface area contributed by atoms with E-state index in [1.165, 1.54) is 25.7 Å². The Morgan fingerprint density at radius 2 is 1.24 bits per heavy atom. The Hall–Kier alpha value is 0.554. The van der Waals surface area contributed by atoms with Crippen LogP contribution in [0.2, 0.25) is 0 Å². The number of hydrogen-bond donors (Lipinski definition) is 0. The van der Waals surface area contributed by atoms with Gasteiger partial charge < -0.3 is 0 Å². The van der Waals surface area contributed by atoms with Gasteiger partial charge in [0, 0.05) is 0 Å². The Balaban J connectivity index is 4.38. The first-order valence-electron chi connectivity index (χ1n) is 6.55. The van der Waals surface area contributed by atoms with Crippen molar-refractivity contribution in [2.45, 2.75) is 32.6 Å². The van der Waals surface area contributed by atoms with Gasteiger partial charge in [-0.1, -0.05) is 0 Å². The summed E-state index contributed by atoms with van der Waals surface area (Å²) in [5.74, 6) is 0. The van der Waals surface area contributed by atoms with E-state index in [9.17, 15) is 0 Å². The van der Waals surface area contributed by atoms with Crippen molar-refractivity contribution in [3.05, 3.63) is 0 Å². The topological polar surface area (TPSA) is 19.0 Å². The van der Waals surface area contributed by atoms with E-state index in [0.29, 0.717) is 0 Å². The van der Waals surface area contributed by atoms with Gasteiger partial charge in [-0.25, -0.2) is 0 Å². The van der Waals surface area contributed by atoms with Crippen LogP contribution in [-0.2, 0) is 21.1 Å². The van der Waals surface area contributed by atoms with Crippen molar-refractivity contribution in [1.82, 2.24) is 10.1 Å². The summed E-state index contributed by atoms with van der Waals surface area (Å²) in [6.45, 7) is 3.12. The molecule has 0 aliphatic heterocycles. The molecule has 5 heteroatoms. The summed E-state index contributed by atoms with van der Waals surface area (Å²) in [6, 6.07) is 0. The zero-order valence-corrected chi connectivity index (χ0v) is 14.3. The van der Waals surface area contributed by atoms with Crippen LogP contribution in [0.15, 0.2) is 0 Å². The second-order valence-corrected chi connectivity index (χ2v) is 11.6. The van der Waals surface area contributed by atoms with Crippen molar-refractivity contribution in [3.63, 3.8) is 0 Å². The van der Waals surface area contributed by atoms with Crippen molar-refractivity contribution in [3.8, 4) is 0 Å². The van der Waals surface area contributed by atoms with Gasteiger partial charge in [-0.2, -0.15) is 0 Å². The van der Waals surface area contributed by atoms with E-state index in [2.05, 4.69) is 59.4 Å². The van der Waals surface area contributed by atoms with Gasteiger partial charge in [0.15, 0.2) is 0 Å². The monoisotopic (exact) mass is 281 g/mol. The third-order valence-corrected chi connectivity index (χ3v) is 9.42. The molecule has 0 heterocycles. The number of hydrogen-bond acceptors (Lipinski definition) is 4. The fraction of sp³-hybridized carbons (Fsp3) is 1.00. The summed E-state index contributed by atoms with van der Waals surface area (Å²) >= 11 is -2.66. The third kappa shape index (κ3) is 4.97. The van der Waals surface area contributed by atoms with E-state index in [0.717, 1.165) is 6.61 Å². The van der Waals surface area contributed by atoms with E-state index in [1.54, 1.807) is 0 Å². The van der Waals surface area contributed by atoms with Crippen LogP contribution in [0.4, 0.5) is 0 Å². The summed E-state index contributed by atoms with van der Waals surface area (Å²) in [7, 11) is 12.8. The zero-order valence-electron chi connectivity index (χ0n) is 12.8. The predicted molar refractivity (Wildman–Crippen MR) is 71.2 cm³/mol. The Kier molecular flexibility index (Phi) is 8.90. The molecular formula is C12H31N3OTi. The van der Waals surface area contributed by atoms with E-state index in [4.69, 9.17) is 3.32 Å². The number of nitrogens with zero attached hydrogens (tertiary/aromatic N) is 3. The average Bonchev–Trinajstić information content (AvgIpc) is 2.21. The SMILES string of the molecule is CCCCCC[O][Ti]([N](C)C)([N](C)C)[N](C)C. The maximum absolute atomic E-state index is 6.33. The van der Waals surface area contributed by atoms with E-state index < -0.39 is 17.7 Å². The first-order chi connectivity index (χ1) is 7.89. The molecule has 0 aliphatic rings. The fourth-order valence-electron chi connectivity index (χ4n) is 2.33. The first kappa shape index (κ1) is 17.6. The summed E-state index contributed by atoms with van der Waals surface area (Å²) in [4.78, 5) is 0. The number of unbranched alkanes of at least 4 members (excludes halogenated alkanes) is 3. The second-order valence-electron chi connectivity index (χ2n) is 5.17. The van der Waals surface area contributed by atoms with Gasteiger partial charge in [-0.15, -0.1) is 0 Å². The fourth-order valence-corrected chi connectivity index (χ4v) is 7.94. The van der Waals surface area contributed by atoms with Gasteiger partial charge >= 0.3 is 113 Å². The minimum absolute atomic E-state index is 0.883. The zero-order chi connectivity index (χ0) is 13.5. The second kappa shape index (κ2) is 8.62. The predicted octanol–water partition coefficient (Wildman–Crippen LogP) is 2.08. The van der Waals surface area contributed by atoms with Crippen LogP contribution >= 0.6 is 0 Å². The van der Waals surface area contributed by atoms with E-state index in [1.807, 2.05) is 0 Å². The van der Waals surface area contributed by atoms with Gasteiger partial charge in [-0.05, 0) is 0 Å². The molecule has 0 aromatic carbocycles. The quantitative estimate of drug-likeness (QED) is 0.476. The maximum atomic E-state index is 6.33.